The zero-order valence-corrected chi connectivity index (χ0v) is 16.4. The quantitative estimate of drug-likeness (QED) is 0.680. The molecular weight excluding hydrogens is 358 g/mol. The zero-order chi connectivity index (χ0) is 19.8. The first kappa shape index (κ1) is 18.4. The van der Waals surface area contributed by atoms with Crippen molar-refractivity contribution in [3.05, 3.63) is 52.4 Å². The Hall–Kier alpha value is -2.99. The maximum atomic E-state index is 13.2. The summed E-state index contributed by atoms with van der Waals surface area (Å²) in [4.78, 5) is 15.4. The number of benzene rings is 2. The minimum absolute atomic E-state index is 0.0852. The van der Waals surface area contributed by atoms with Crippen LogP contribution in [0.3, 0.4) is 0 Å². The van der Waals surface area contributed by atoms with Crippen molar-refractivity contribution >= 4 is 11.0 Å². The average Bonchev–Trinajstić information content (AvgIpc) is 2.72. The first-order chi connectivity index (χ1) is 13.5. The van der Waals surface area contributed by atoms with Gasteiger partial charge in [-0.1, -0.05) is 6.07 Å². The summed E-state index contributed by atoms with van der Waals surface area (Å²) in [7, 11) is 3.14. The summed E-state index contributed by atoms with van der Waals surface area (Å²) in [6.45, 7) is 5.45. The van der Waals surface area contributed by atoms with E-state index in [1.54, 1.807) is 32.4 Å². The van der Waals surface area contributed by atoms with E-state index in [2.05, 4.69) is 18.7 Å². The van der Waals surface area contributed by atoms with Crippen LogP contribution >= 0.6 is 0 Å². The lowest BCUT2D eigenvalue weighted by Gasteiger charge is -2.31. The van der Waals surface area contributed by atoms with Crippen LogP contribution in [0.5, 0.6) is 17.2 Å². The number of fused-ring (bicyclic) bond motifs is 3. The number of methoxy groups -OCH3 is 2. The molecule has 4 rings (SSSR count). The van der Waals surface area contributed by atoms with Crippen molar-refractivity contribution < 1.29 is 18.6 Å². The molecule has 0 saturated heterocycles. The van der Waals surface area contributed by atoms with Crippen LogP contribution in [-0.4, -0.2) is 31.9 Å². The third-order valence-corrected chi connectivity index (χ3v) is 5.17. The van der Waals surface area contributed by atoms with Crippen LogP contribution in [0.25, 0.3) is 22.1 Å². The Balaban J connectivity index is 1.84. The lowest BCUT2D eigenvalue weighted by atomic mass is 10.0. The molecule has 0 unspecified atom stereocenters. The van der Waals surface area contributed by atoms with E-state index in [1.165, 1.54) is 6.26 Å². The van der Waals surface area contributed by atoms with E-state index in [0.717, 1.165) is 11.3 Å². The minimum Gasteiger partial charge on any atom is -0.493 e. The molecule has 0 N–H and O–H groups in total. The van der Waals surface area contributed by atoms with E-state index < -0.39 is 0 Å². The Morgan fingerprint density at radius 1 is 1.07 bits per heavy atom. The van der Waals surface area contributed by atoms with Crippen molar-refractivity contribution in [2.24, 2.45) is 0 Å². The van der Waals surface area contributed by atoms with Gasteiger partial charge >= 0.3 is 0 Å². The standard InChI is InChI=1S/C22H23NO5/c1-13(2)23-10-16-18(28-12-23)8-6-15-21(24)17(11-27-22(15)16)14-5-7-19(25-3)20(9-14)26-4/h5-9,11,13H,10,12H2,1-4H3. The summed E-state index contributed by atoms with van der Waals surface area (Å²) in [5.41, 5.74) is 2.60. The number of rotatable bonds is 4. The van der Waals surface area contributed by atoms with Gasteiger partial charge < -0.3 is 18.6 Å². The number of hydrogen-bond donors (Lipinski definition) is 0. The van der Waals surface area contributed by atoms with E-state index >= 15 is 0 Å². The SMILES string of the molecule is COc1ccc(-c2coc3c4c(ccc3c2=O)OCN(C(C)C)C4)cc1OC. The smallest absolute Gasteiger partial charge is 0.200 e. The highest BCUT2D eigenvalue weighted by atomic mass is 16.5. The Morgan fingerprint density at radius 2 is 1.86 bits per heavy atom. The van der Waals surface area contributed by atoms with Gasteiger partial charge in [0.15, 0.2) is 11.5 Å². The van der Waals surface area contributed by atoms with Gasteiger partial charge in [-0.2, -0.15) is 0 Å². The molecule has 2 aromatic carbocycles. The third-order valence-electron chi connectivity index (χ3n) is 5.17. The second-order valence-electron chi connectivity index (χ2n) is 7.08. The van der Waals surface area contributed by atoms with Crippen molar-refractivity contribution in [3.8, 4) is 28.4 Å². The fourth-order valence-electron chi connectivity index (χ4n) is 3.46. The Bertz CT molecular complexity index is 1090. The van der Waals surface area contributed by atoms with E-state index in [-0.39, 0.29) is 5.43 Å². The molecule has 28 heavy (non-hydrogen) atoms. The topological polar surface area (TPSA) is 61.1 Å². The van der Waals surface area contributed by atoms with Gasteiger partial charge in [-0.15, -0.1) is 0 Å². The molecule has 0 fully saturated rings. The van der Waals surface area contributed by atoms with Crippen LogP contribution in [0.2, 0.25) is 0 Å². The lowest BCUT2D eigenvalue weighted by molar-refractivity contribution is 0.0689. The Labute approximate surface area is 163 Å². The Morgan fingerprint density at radius 3 is 2.57 bits per heavy atom. The summed E-state index contributed by atoms with van der Waals surface area (Å²) in [6, 6.07) is 9.33. The van der Waals surface area contributed by atoms with Gasteiger partial charge in [-0.05, 0) is 43.7 Å². The van der Waals surface area contributed by atoms with Crippen LogP contribution < -0.4 is 19.6 Å². The van der Waals surface area contributed by atoms with Crippen LogP contribution in [0.1, 0.15) is 19.4 Å². The molecule has 0 amide bonds. The second kappa shape index (κ2) is 7.20. The highest BCUT2D eigenvalue weighted by Gasteiger charge is 2.24. The number of hydrogen-bond acceptors (Lipinski definition) is 6. The summed E-state index contributed by atoms with van der Waals surface area (Å²) in [6.07, 6.45) is 1.51. The molecule has 2 heterocycles. The number of ether oxygens (including phenoxy) is 3. The molecule has 0 radical (unpaired) electrons. The molecule has 1 aromatic heterocycles. The monoisotopic (exact) mass is 381 g/mol. The van der Waals surface area contributed by atoms with Gasteiger partial charge in [0.2, 0.25) is 5.43 Å². The maximum Gasteiger partial charge on any atom is 0.200 e. The lowest BCUT2D eigenvalue weighted by Crippen LogP contribution is -2.37. The summed E-state index contributed by atoms with van der Waals surface area (Å²) < 4.78 is 22.4. The van der Waals surface area contributed by atoms with Gasteiger partial charge in [0.05, 0.1) is 30.7 Å². The average molecular weight is 381 g/mol. The minimum atomic E-state index is -0.0852. The van der Waals surface area contributed by atoms with Gasteiger partial charge in [-0.25, -0.2) is 0 Å². The highest BCUT2D eigenvalue weighted by Crippen LogP contribution is 2.35. The van der Waals surface area contributed by atoms with Crippen LogP contribution in [0.15, 0.2) is 45.8 Å². The summed E-state index contributed by atoms with van der Waals surface area (Å²) in [5.74, 6) is 1.94. The summed E-state index contributed by atoms with van der Waals surface area (Å²) in [5, 5.41) is 0.542. The zero-order valence-electron chi connectivity index (χ0n) is 16.4. The largest absolute Gasteiger partial charge is 0.493 e. The van der Waals surface area contributed by atoms with Crippen molar-refractivity contribution in [1.29, 1.82) is 0 Å². The van der Waals surface area contributed by atoms with E-state index in [4.69, 9.17) is 18.6 Å². The van der Waals surface area contributed by atoms with Gasteiger partial charge in [0.25, 0.3) is 0 Å². The maximum absolute atomic E-state index is 13.2. The predicted molar refractivity (Wildman–Crippen MR) is 107 cm³/mol. The molecule has 0 aliphatic carbocycles. The normalized spacial score (nSPS) is 14.0. The Kier molecular flexibility index (Phi) is 4.73. The van der Waals surface area contributed by atoms with Crippen molar-refractivity contribution in [3.63, 3.8) is 0 Å². The van der Waals surface area contributed by atoms with Gasteiger partial charge in [0.1, 0.15) is 24.3 Å². The molecule has 146 valence electrons. The summed E-state index contributed by atoms with van der Waals surface area (Å²) >= 11 is 0. The molecule has 3 aromatic rings. The van der Waals surface area contributed by atoms with Gasteiger partial charge in [-0.3, -0.25) is 9.69 Å². The second-order valence-corrected chi connectivity index (χ2v) is 7.08. The first-order valence-electron chi connectivity index (χ1n) is 9.20. The molecule has 0 bridgehead atoms. The third kappa shape index (κ3) is 2.99. The molecule has 0 atom stereocenters. The molecule has 0 spiro atoms. The fraction of sp³-hybridized carbons (Fsp3) is 0.318. The molecular formula is C22H23NO5. The molecule has 6 heteroatoms. The molecule has 0 saturated carbocycles. The van der Waals surface area contributed by atoms with Gasteiger partial charge in [0, 0.05) is 12.6 Å². The van der Waals surface area contributed by atoms with E-state index in [9.17, 15) is 4.79 Å². The first-order valence-corrected chi connectivity index (χ1v) is 9.20. The fourth-order valence-corrected chi connectivity index (χ4v) is 3.46. The predicted octanol–water partition coefficient (Wildman–Crippen LogP) is 4.04. The number of nitrogens with zero attached hydrogens (tertiary/aromatic N) is 1. The van der Waals surface area contributed by atoms with Crippen molar-refractivity contribution in [2.75, 3.05) is 21.0 Å². The van der Waals surface area contributed by atoms with Crippen molar-refractivity contribution in [2.45, 2.75) is 26.4 Å². The molecule has 1 aliphatic heterocycles. The molecule has 1 aliphatic rings. The van der Waals surface area contributed by atoms with Crippen LogP contribution in [0.4, 0.5) is 0 Å². The van der Waals surface area contributed by atoms with Crippen LogP contribution in [-0.2, 0) is 6.54 Å². The highest BCUT2D eigenvalue weighted by molar-refractivity contribution is 5.86. The molecule has 6 nitrogen and oxygen atoms in total. The van der Waals surface area contributed by atoms with E-state index in [1.807, 2.05) is 12.1 Å². The van der Waals surface area contributed by atoms with Crippen molar-refractivity contribution in [1.82, 2.24) is 4.90 Å². The van der Waals surface area contributed by atoms with Crippen LogP contribution in [0, 0.1) is 0 Å². The van der Waals surface area contributed by atoms with E-state index in [0.29, 0.717) is 52.9 Å².